The number of aliphatic hydroxyl groups excluding tert-OH is 1. The molecule has 5 heteroatoms. The number of carboxylic acid groups (broad SMARTS) is 1. The molecule has 78 valence electrons. The van der Waals surface area contributed by atoms with E-state index in [0.717, 1.165) is 0 Å². The third-order valence-corrected chi connectivity index (χ3v) is 2.13. The Bertz CT molecular complexity index is 363. The number of phenols is 1. The van der Waals surface area contributed by atoms with Crippen molar-refractivity contribution in [3.63, 3.8) is 0 Å². The van der Waals surface area contributed by atoms with Crippen LogP contribution in [0.25, 0.3) is 0 Å². The predicted molar refractivity (Wildman–Crippen MR) is 57.5 cm³/mol. The fourth-order valence-corrected chi connectivity index (χ4v) is 1.39. The van der Waals surface area contributed by atoms with Gasteiger partial charge >= 0.3 is 35.5 Å². The number of hydrogen-bond acceptors (Lipinski definition) is 3. The molecule has 0 saturated carbocycles. The van der Waals surface area contributed by atoms with E-state index in [9.17, 15) is 9.90 Å². The van der Waals surface area contributed by atoms with Crippen molar-refractivity contribution in [2.75, 3.05) is 0 Å². The van der Waals surface area contributed by atoms with Crippen LogP contribution in [0.2, 0.25) is 0 Å². The molecule has 0 aliphatic carbocycles. The molecule has 0 aromatic heterocycles. The first-order valence-corrected chi connectivity index (χ1v) is 4.29. The summed E-state index contributed by atoms with van der Waals surface area (Å²) in [6, 6.07) is 2.81. The van der Waals surface area contributed by atoms with Gasteiger partial charge in [-0.3, -0.25) is 0 Å². The van der Waals surface area contributed by atoms with Gasteiger partial charge in [0.25, 0.3) is 0 Å². The second-order valence-electron chi connectivity index (χ2n) is 2.92. The number of aromatic carboxylic acids is 1. The van der Waals surface area contributed by atoms with Crippen LogP contribution in [0, 0.1) is 0 Å². The zero-order valence-electron chi connectivity index (χ0n) is 7.82. The summed E-state index contributed by atoms with van der Waals surface area (Å²) in [5.41, 5.74) is 0.932. The summed E-state index contributed by atoms with van der Waals surface area (Å²) in [7, 11) is 0. The molecule has 0 spiro atoms. The summed E-state index contributed by atoms with van der Waals surface area (Å²) < 4.78 is 0. The predicted octanol–water partition coefficient (Wildman–Crippen LogP) is 0.497. The minimum atomic E-state index is -1.17. The number of rotatable bonds is 3. The number of benzene rings is 1. The Morgan fingerprint density at radius 1 is 1.40 bits per heavy atom. The van der Waals surface area contributed by atoms with Gasteiger partial charge in [0.15, 0.2) is 0 Å². The first kappa shape index (κ1) is 14.5. The van der Waals surface area contributed by atoms with Crippen molar-refractivity contribution < 1.29 is 20.1 Å². The van der Waals surface area contributed by atoms with E-state index in [1.54, 1.807) is 6.92 Å². The minimum absolute atomic E-state index is 0. The molecule has 0 amide bonds. The molecule has 15 heavy (non-hydrogen) atoms. The molecule has 0 atom stereocenters. The van der Waals surface area contributed by atoms with Crippen LogP contribution in [-0.2, 0) is 13.0 Å². The van der Waals surface area contributed by atoms with Crippen molar-refractivity contribution in [3.8, 4) is 5.75 Å². The van der Waals surface area contributed by atoms with Gasteiger partial charge in [-0.2, -0.15) is 0 Å². The van der Waals surface area contributed by atoms with Gasteiger partial charge in [0.2, 0.25) is 0 Å². The average Bonchev–Trinajstić information content (AvgIpc) is 2.16. The van der Waals surface area contributed by atoms with Gasteiger partial charge < -0.3 is 15.3 Å². The average molecular weight is 220 g/mol. The molecule has 0 unspecified atom stereocenters. The molecule has 0 aliphatic heterocycles. The van der Waals surface area contributed by atoms with Crippen LogP contribution in [-0.4, -0.2) is 50.8 Å². The Kier molecular flexibility index (Phi) is 5.90. The van der Waals surface area contributed by atoms with Gasteiger partial charge in [-0.1, -0.05) is 13.0 Å². The van der Waals surface area contributed by atoms with E-state index >= 15 is 0 Å². The van der Waals surface area contributed by atoms with Gasteiger partial charge in [0, 0.05) is 0 Å². The van der Waals surface area contributed by atoms with Crippen LogP contribution >= 0.6 is 0 Å². The molecule has 1 aromatic carbocycles. The summed E-state index contributed by atoms with van der Waals surface area (Å²) in [5.74, 6) is -1.41. The standard InChI is InChI=1S/C10H12O4.Na.H/c1-2-7-6(5-11)3-4-8(9(7)12)10(13)14;;/h3-4,11-12H,2,5H2,1H3,(H,13,14);;. The maximum absolute atomic E-state index is 10.7. The molecular formula is C10H13NaO4. The fourth-order valence-electron chi connectivity index (χ4n) is 1.39. The molecule has 0 saturated heterocycles. The second-order valence-corrected chi connectivity index (χ2v) is 2.92. The number of aromatic hydroxyl groups is 1. The second kappa shape index (κ2) is 6.12. The van der Waals surface area contributed by atoms with Crippen LogP contribution in [0.1, 0.15) is 28.4 Å². The maximum atomic E-state index is 10.7. The number of carbonyl (C=O) groups is 1. The summed E-state index contributed by atoms with van der Waals surface area (Å²) in [6.07, 6.45) is 0.489. The van der Waals surface area contributed by atoms with E-state index in [2.05, 4.69) is 0 Å². The zero-order chi connectivity index (χ0) is 10.7. The quantitative estimate of drug-likeness (QED) is 0.648. The normalized spacial score (nSPS) is 9.47. The van der Waals surface area contributed by atoms with E-state index in [1.165, 1.54) is 12.1 Å². The van der Waals surface area contributed by atoms with E-state index in [4.69, 9.17) is 10.2 Å². The number of aliphatic hydroxyl groups is 1. The molecule has 0 radical (unpaired) electrons. The van der Waals surface area contributed by atoms with E-state index < -0.39 is 5.97 Å². The van der Waals surface area contributed by atoms with Crippen LogP contribution < -0.4 is 0 Å². The zero-order valence-corrected chi connectivity index (χ0v) is 7.82. The van der Waals surface area contributed by atoms with Crippen molar-refractivity contribution in [1.29, 1.82) is 0 Å². The molecule has 0 aliphatic rings. The Morgan fingerprint density at radius 3 is 2.40 bits per heavy atom. The molecule has 4 nitrogen and oxygen atoms in total. The SMILES string of the molecule is CCc1c(CO)ccc(C(=O)O)c1O.[NaH]. The van der Waals surface area contributed by atoms with E-state index in [-0.39, 0.29) is 47.5 Å². The van der Waals surface area contributed by atoms with Crippen molar-refractivity contribution in [2.45, 2.75) is 20.0 Å². The van der Waals surface area contributed by atoms with Crippen LogP contribution in [0.5, 0.6) is 5.75 Å². The van der Waals surface area contributed by atoms with Crippen molar-refractivity contribution in [3.05, 3.63) is 28.8 Å². The van der Waals surface area contributed by atoms with Gasteiger partial charge in [-0.25, -0.2) is 4.79 Å². The molecule has 3 N–H and O–H groups in total. The van der Waals surface area contributed by atoms with Gasteiger partial charge in [0.1, 0.15) is 11.3 Å². The van der Waals surface area contributed by atoms with Crippen LogP contribution in [0.4, 0.5) is 0 Å². The van der Waals surface area contributed by atoms with E-state index in [1.807, 2.05) is 0 Å². The van der Waals surface area contributed by atoms with Gasteiger partial charge in [-0.15, -0.1) is 0 Å². The molecule has 1 rings (SSSR count). The first-order valence-electron chi connectivity index (χ1n) is 4.29. The third kappa shape index (κ3) is 2.95. The van der Waals surface area contributed by atoms with E-state index in [0.29, 0.717) is 17.5 Å². The topological polar surface area (TPSA) is 77.8 Å². The molecule has 0 heterocycles. The Balaban J connectivity index is 0.00000196. The Labute approximate surface area is 110 Å². The summed E-state index contributed by atoms with van der Waals surface area (Å²) in [5, 5.41) is 27.3. The van der Waals surface area contributed by atoms with Gasteiger partial charge in [-0.05, 0) is 23.6 Å². The fraction of sp³-hybridized carbons (Fsp3) is 0.300. The van der Waals surface area contributed by atoms with Gasteiger partial charge in [0.05, 0.1) is 6.61 Å². The molecule has 0 bridgehead atoms. The van der Waals surface area contributed by atoms with Crippen molar-refractivity contribution in [1.82, 2.24) is 0 Å². The monoisotopic (exact) mass is 220 g/mol. The van der Waals surface area contributed by atoms with Crippen LogP contribution in [0.15, 0.2) is 12.1 Å². The van der Waals surface area contributed by atoms with Crippen LogP contribution in [0.3, 0.4) is 0 Å². The molecular weight excluding hydrogens is 207 g/mol. The Hall–Kier alpha value is -0.550. The Morgan fingerprint density at radius 2 is 2.00 bits per heavy atom. The number of carboxylic acids is 1. The summed E-state index contributed by atoms with van der Waals surface area (Å²) in [6.45, 7) is 1.59. The summed E-state index contributed by atoms with van der Waals surface area (Å²) >= 11 is 0. The summed E-state index contributed by atoms with van der Waals surface area (Å²) in [4.78, 5) is 10.7. The molecule has 0 fully saturated rings. The first-order chi connectivity index (χ1) is 6.61. The van der Waals surface area contributed by atoms with Crippen molar-refractivity contribution in [2.24, 2.45) is 0 Å². The third-order valence-electron chi connectivity index (χ3n) is 2.13. The molecule has 1 aromatic rings. The number of hydrogen-bond donors (Lipinski definition) is 3. The van der Waals surface area contributed by atoms with Crippen molar-refractivity contribution >= 4 is 35.5 Å².